The molecule has 3 nitrogen and oxygen atoms in total. The molecule has 3 N–H and O–H groups in total. The minimum atomic E-state index is 0.240. The monoisotopic (exact) mass is 276 g/mol. The van der Waals surface area contributed by atoms with Gasteiger partial charge in [-0.05, 0) is 49.3 Å². The SMILES string of the molecule is CCOc1ccc(C(CN)NC2CCC(C)(C)C2)cc1. The Morgan fingerprint density at radius 2 is 2.05 bits per heavy atom. The van der Waals surface area contributed by atoms with Crippen LogP contribution in [-0.4, -0.2) is 19.2 Å². The molecular formula is C17H28N2O. The molecule has 2 unspecified atom stereocenters. The maximum atomic E-state index is 5.95. The van der Waals surface area contributed by atoms with E-state index in [4.69, 9.17) is 10.5 Å². The second-order valence-corrected chi connectivity index (χ2v) is 6.56. The van der Waals surface area contributed by atoms with Gasteiger partial charge in [-0.25, -0.2) is 0 Å². The molecule has 1 saturated carbocycles. The van der Waals surface area contributed by atoms with Crippen LogP contribution in [0.2, 0.25) is 0 Å². The summed E-state index contributed by atoms with van der Waals surface area (Å²) in [5, 5.41) is 3.72. The van der Waals surface area contributed by atoms with Gasteiger partial charge >= 0.3 is 0 Å². The van der Waals surface area contributed by atoms with E-state index in [2.05, 4.69) is 31.3 Å². The summed E-state index contributed by atoms with van der Waals surface area (Å²) < 4.78 is 5.48. The molecule has 20 heavy (non-hydrogen) atoms. The molecule has 0 amide bonds. The van der Waals surface area contributed by atoms with Crippen molar-refractivity contribution >= 4 is 0 Å². The van der Waals surface area contributed by atoms with Crippen LogP contribution in [0.4, 0.5) is 0 Å². The number of nitrogens with one attached hydrogen (secondary N) is 1. The average molecular weight is 276 g/mol. The molecule has 1 aromatic rings. The van der Waals surface area contributed by atoms with Crippen molar-refractivity contribution < 1.29 is 4.74 Å². The molecular weight excluding hydrogens is 248 g/mol. The van der Waals surface area contributed by atoms with E-state index >= 15 is 0 Å². The van der Waals surface area contributed by atoms with E-state index in [0.29, 0.717) is 24.6 Å². The molecule has 0 aliphatic heterocycles. The van der Waals surface area contributed by atoms with Crippen molar-refractivity contribution in [1.82, 2.24) is 5.32 Å². The van der Waals surface area contributed by atoms with Crippen LogP contribution in [0.25, 0.3) is 0 Å². The van der Waals surface area contributed by atoms with Crippen LogP contribution in [0.5, 0.6) is 5.75 Å². The maximum absolute atomic E-state index is 5.95. The molecule has 0 saturated heterocycles. The van der Waals surface area contributed by atoms with Gasteiger partial charge in [-0.2, -0.15) is 0 Å². The summed E-state index contributed by atoms with van der Waals surface area (Å²) in [5.41, 5.74) is 7.67. The maximum Gasteiger partial charge on any atom is 0.119 e. The van der Waals surface area contributed by atoms with Gasteiger partial charge in [-0.15, -0.1) is 0 Å². The molecule has 0 heterocycles. The van der Waals surface area contributed by atoms with Crippen molar-refractivity contribution in [2.45, 2.75) is 52.1 Å². The molecule has 1 fully saturated rings. The van der Waals surface area contributed by atoms with Crippen molar-refractivity contribution in [2.75, 3.05) is 13.2 Å². The Morgan fingerprint density at radius 1 is 1.35 bits per heavy atom. The number of rotatable bonds is 6. The summed E-state index contributed by atoms with van der Waals surface area (Å²) in [6, 6.07) is 9.13. The second-order valence-electron chi connectivity index (χ2n) is 6.56. The Labute approximate surface area is 122 Å². The minimum Gasteiger partial charge on any atom is -0.494 e. The number of hydrogen-bond acceptors (Lipinski definition) is 3. The summed E-state index contributed by atoms with van der Waals surface area (Å²) in [7, 11) is 0. The first kappa shape index (κ1) is 15.3. The Kier molecular flexibility index (Phi) is 5.06. The summed E-state index contributed by atoms with van der Waals surface area (Å²) in [6.45, 7) is 8.03. The zero-order valence-electron chi connectivity index (χ0n) is 13.0. The number of nitrogens with two attached hydrogens (primary N) is 1. The van der Waals surface area contributed by atoms with E-state index in [9.17, 15) is 0 Å². The number of hydrogen-bond donors (Lipinski definition) is 2. The lowest BCUT2D eigenvalue weighted by molar-refractivity contribution is 0.339. The highest BCUT2D eigenvalue weighted by molar-refractivity contribution is 5.29. The Balaban J connectivity index is 1.97. The number of benzene rings is 1. The zero-order valence-corrected chi connectivity index (χ0v) is 13.0. The summed E-state index contributed by atoms with van der Waals surface area (Å²) >= 11 is 0. The van der Waals surface area contributed by atoms with E-state index in [-0.39, 0.29) is 6.04 Å². The summed E-state index contributed by atoms with van der Waals surface area (Å²) in [6.07, 6.45) is 3.78. The molecule has 0 bridgehead atoms. The molecule has 1 aliphatic carbocycles. The predicted molar refractivity (Wildman–Crippen MR) is 84.0 cm³/mol. The zero-order chi connectivity index (χ0) is 14.6. The smallest absolute Gasteiger partial charge is 0.119 e. The van der Waals surface area contributed by atoms with Gasteiger partial charge in [0.2, 0.25) is 0 Å². The first-order chi connectivity index (χ1) is 9.54. The third-order valence-corrected chi connectivity index (χ3v) is 4.23. The van der Waals surface area contributed by atoms with E-state index in [1.54, 1.807) is 0 Å². The Bertz CT molecular complexity index is 414. The fourth-order valence-corrected chi connectivity index (χ4v) is 3.13. The molecule has 0 radical (unpaired) electrons. The second kappa shape index (κ2) is 6.59. The molecule has 2 rings (SSSR count). The van der Waals surface area contributed by atoms with Crippen molar-refractivity contribution in [3.8, 4) is 5.75 Å². The van der Waals surface area contributed by atoms with Gasteiger partial charge < -0.3 is 15.8 Å². The van der Waals surface area contributed by atoms with Crippen LogP contribution in [0.3, 0.4) is 0 Å². The molecule has 1 aliphatic rings. The van der Waals surface area contributed by atoms with E-state index < -0.39 is 0 Å². The quantitative estimate of drug-likeness (QED) is 0.838. The van der Waals surface area contributed by atoms with Gasteiger partial charge in [0.25, 0.3) is 0 Å². The molecule has 0 aromatic heterocycles. The van der Waals surface area contributed by atoms with Crippen LogP contribution in [-0.2, 0) is 0 Å². The summed E-state index contributed by atoms with van der Waals surface area (Å²) in [5.74, 6) is 0.925. The summed E-state index contributed by atoms with van der Waals surface area (Å²) in [4.78, 5) is 0. The fraction of sp³-hybridized carbons (Fsp3) is 0.647. The van der Waals surface area contributed by atoms with Crippen LogP contribution >= 0.6 is 0 Å². The highest BCUT2D eigenvalue weighted by Gasteiger charge is 2.31. The Hall–Kier alpha value is -1.06. The number of ether oxygens (including phenoxy) is 1. The third-order valence-electron chi connectivity index (χ3n) is 4.23. The first-order valence-electron chi connectivity index (χ1n) is 7.73. The molecule has 3 heteroatoms. The van der Waals surface area contributed by atoms with Gasteiger partial charge in [-0.1, -0.05) is 26.0 Å². The average Bonchev–Trinajstić information content (AvgIpc) is 2.77. The highest BCUT2D eigenvalue weighted by atomic mass is 16.5. The predicted octanol–water partition coefficient (Wildman–Crippen LogP) is 3.25. The highest BCUT2D eigenvalue weighted by Crippen LogP contribution is 2.37. The van der Waals surface area contributed by atoms with Gasteiger partial charge in [0, 0.05) is 18.6 Å². The van der Waals surface area contributed by atoms with Crippen molar-refractivity contribution in [3.63, 3.8) is 0 Å². The lowest BCUT2D eigenvalue weighted by Gasteiger charge is -2.24. The lowest BCUT2D eigenvalue weighted by atomic mass is 9.91. The van der Waals surface area contributed by atoms with Crippen molar-refractivity contribution in [1.29, 1.82) is 0 Å². The van der Waals surface area contributed by atoms with Crippen molar-refractivity contribution in [2.24, 2.45) is 11.1 Å². The fourth-order valence-electron chi connectivity index (χ4n) is 3.13. The first-order valence-corrected chi connectivity index (χ1v) is 7.73. The van der Waals surface area contributed by atoms with Crippen LogP contribution in [0, 0.1) is 5.41 Å². The van der Waals surface area contributed by atoms with Crippen LogP contribution in [0.1, 0.15) is 51.6 Å². The van der Waals surface area contributed by atoms with E-state index in [0.717, 1.165) is 5.75 Å². The van der Waals surface area contributed by atoms with Gasteiger partial charge in [0.1, 0.15) is 5.75 Å². The largest absolute Gasteiger partial charge is 0.494 e. The van der Waals surface area contributed by atoms with Gasteiger partial charge in [-0.3, -0.25) is 0 Å². The molecule has 2 atom stereocenters. The van der Waals surface area contributed by atoms with E-state index in [1.165, 1.54) is 24.8 Å². The topological polar surface area (TPSA) is 47.3 Å². The molecule has 112 valence electrons. The lowest BCUT2D eigenvalue weighted by Crippen LogP contribution is -2.35. The Morgan fingerprint density at radius 3 is 2.55 bits per heavy atom. The molecule has 1 aromatic carbocycles. The van der Waals surface area contributed by atoms with Gasteiger partial charge in [0.05, 0.1) is 6.61 Å². The minimum absolute atomic E-state index is 0.240. The van der Waals surface area contributed by atoms with Crippen molar-refractivity contribution in [3.05, 3.63) is 29.8 Å². The normalized spacial score (nSPS) is 22.7. The van der Waals surface area contributed by atoms with Crippen LogP contribution < -0.4 is 15.8 Å². The van der Waals surface area contributed by atoms with Crippen LogP contribution in [0.15, 0.2) is 24.3 Å². The van der Waals surface area contributed by atoms with Gasteiger partial charge in [0.15, 0.2) is 0 Å². The third kappa shape index (κ3) is 3.97. The van der Waals surface area contributed by atoms with E-state index in [1.807, 2.05) is 19.1 Å². The standard InChI is InChI=1S/C17H28N2O/c1-4-20-15-7-5-13(6-8-15)16(12-18)19-14-9-10-17(2,3)11-14/h5-8,14,16,19H,4,9-12,18H2,1-3H3. The molecule has 0 spiro atoms.